The summed E-state index contributed by atoms with van der Waals surface area (Å²) in [5.74, 6) is 0. The van der Waals surface area contributed by atoms with Crippen LogP contribution in [0, 0.1) is 20.8 Å². The van der Waals surface area contributed by atoms with E-state index >= 15 is 0 Å². The molecule has 0 fully saturated rings. The molecule has 0 saturated carbocycles. The molecular formula is C22H24S4Sn. The van der Waals surface area contributed by atoms with E-state index in [1.165, 1.54) is 45.3 Å². The molecule has 0 aliphatic rings. The second-order valence-electron chi connectivity index (χ2n) is 8.07. The first kappa shape index (κ1) is 19.9. The molecule has 0 aliphatic carbocycles. The third-order valence-corrected chi connectivity index (χ3v) is 19.1. The van der Waals surface area contributed by atoms with Gasteiger partial charge in [-0.15, -0.1) is 0 Å². The van der Waals surface area contributed by atoms with Crippen LogP contribution in [0.25, 0.3) is 29.3 Å². The van der Waals surface area contributed by atoms with Gasteiger partial charge < -0.3 is 0 Å². The average molecular weight is 535 g/mol. The van der Waals surface area contributed by atoms with E-state index in [1.54, 1.807) is 2.89 Å². The predicted molar refractivity (Wildman–Crippen MR) is 131 cm³/mol. The molecule has 4 aromatic rings. The monoisotopic (exact) mass is 536 g/mol. The first-order valence-corrected chi connectivity index (χ1v) is 22.4. The van der Waals surface area contributed by atoms with Gasteiger partial charge >= 0.3 is 177 Å². The fourth-order valence-corrected chi connectivity index (χ4v) is 13.2. The van der Waals surface area contributed by atoms with Gasteiger partial charge in [-0.05, 0) is 6.92 Å². The summed E-state index contributed by atoms with van der Waals surface area (Å²) in [5, 5.41) is 0. The Morgan fingerprint density at radius 1 is 0.593 bits per heavy atom. The summed E-state index contributed by atoms with van der Waals surface area (Å²) in [5.41, 5.74) is 2.85. The third-order valence-electron chi connectivity index (χ3n) is 4.60. The molecular weight excluding hydrogens is 511 g/mol. The van der Waals surface area contributed by atoms with Gasteiger partial charge in [-0.3, -0.25) is 0 Å². The van der Waals surface area contributed by atoms with Crippen molar-refractivity contribution in [2.75, 3.05) is 0 Å². The summed E-state index contributed by atoms with van der Waals surface area (Å²) in [6.07, 6.45) is 0. The molecule has 0 unspecified atom stereocenters. The SMILES string of the molecule is Cc1cc(C)c(-c2ccc(-c3ccc(-c4s[c]([Sn]([CH3])([CH3])[CH3])cc4C)s3)s2)s1. The Bertz CT molecular complexity index is 1100. The molecule has 4 rings (SSSR count). The van der Waals surface area contributed by atoms with Crippen LogP contribution in [-0.2, 0) is 0 Å². The van der Waals surface area contributed by atoms with Crippen molar-refractivity contribution in [1.29, 1.82) is 0 Å². The second-order valence-corrected chi connectivity index (χ2v) is 28.0. The van der Waals surface area contributed by atoms with Crippen LogP contribution in [0.1, 0.15) is 16.0 Å². The standard InChI is InChI=1S/C19H15S4.3CH3.Sn/c1-11-8-9-20-18(11)16-6-4-14(22-16)15-5-7-17(23-15)19-12(2)10-13(3)21-19;;;;/h4-8,10H,1-3H3;3*1H3;. The van der Waals surface area contributed by atoms with Crippen LogP contribution in [-0.4, -0.2) is 18.4 Å². The molecule has 0 spiro atoms. The number of thiophene rings is 4. The normalized spacial score (nSPS) is 12.1. The number of aryl methyl sites for hydroxylation is 3. The van der Waals surface area contributed by atoms with Crippen LogP contribution < -0.4 is 2.89 Å². The van der Waals surface area contributed by atoms with Gasteiger partial charge in [0, 0.05) is 0 Å². The third kappa shape index (κ3) is 4.01. The van der Waals surface area contributed by atoms with Crippen molar-refractivity contribution in [2.45, 2.75) is 35.6 Å². The van der Waals surface area contributed by atoms with Crippen molar-refractivity contribution in [3.8, 4) is 29.3 Å². The minimum atomic E-state index is -1.99. The number of hydrogen-bond acceptors (Lipinski definition) is 4. The van der Waals surface area contributed by atoms with E-state index in [1.807, 2.05) is 45.3 Å². The van der Waals surface area contributed by atoms with Gasteiger partial charge in [-0.25, -0.2) is 0 Å². The molecule has 0 aliphatic heterocycles. The van der Waals surface area contributed by atoms with Crippen LogP contribution in [0.5, 0.6) is 0 Å². The van der Waals surface area contributed by atoms with E-state index in [9.17, 15) is 0 Å². The summed E-state index contributed by atoms with van der Waals surface area (Å²) in [6.45, 7) is 6.69. The molecule has 4 aromatic heterocycles. The topological polar surface area (TPSA) is 0 Å². The second kappa shape index (κ2) is 7.45. The first-order chi connectivity index (χ1) is 12.7. The van der Waals surface area contributed by atoms with E-state index < -0.39 is 18.4 Å². The average Bonchev–Trinajstić information content (AvgIpc) is 3.32. The molecule has 0 aromatic carbocycles. The maximum atomic E-state index is 2.51. The van der Waals surface area contributed by atoms with Crippen LogP contribution in [0.3, 0.4) is 0 Å². The first-order valence-electron chi connectivity index (χ1n) is 9.11. The van der Waals surface area contributed by atoms with E-state index in [4.69, 9.17) is 0 Å². The molecule has 0 atom stereocenters. The summed E-state index contributed by atoms with van der Waals surface area (Å²) in [6, 6.07) is 14.0. The summed E-state index contributed by atoms with van der Waals surface area (Å²) >= 11 is 5.82. The Kier molecular flexibility index (Phi) is 5.49. The zero-order valence-electron chi connectivity index (χ0n) is 16.6. The number of hydrogen-bond donors (Lipinski definition) is 0. The summed E-state index contributed by atoms with van der Waals surface area (Å²) in [7, 11) is 0. The Balaban J connectivity index is 1.66. The molecule has 0 saturated heterocycles. The molecule has 5 heteroatoms. The predicted octanol–water partition coefficient (Wildman–Crippen LogP) is 8.40. The van der Waals surface area contributed by atoms with Gasteiger partial charge in [-0.1, -0.05) is 0 Å². The molecule has 140 valence electrons. The zero-order chi connectivity index (χ0) is 19.3. The fourth-order valence-electron chi connectivity index (χ4n) is 3.17. The summed E-state index contributed by atoms with van der Waals surface area (Å²) in [4.78, 5) is 17.4. The summed E-state index contributed by atoms with van der Waals surface area (Å²) < 4.78 is 1.67. The molecule has 4 heterocycles. The molecule has 0 amide bonds. The minimum absolute atomic E-state index is 1.39. The van der Waals surface area contributed by atoms with Gasteiger partial charge in [0.1, 0.15) is 0 Å². The van der Waals surface area contributed by atoms with Gasteiger partial charge in [-0.2, -0.15) is 0 Å². The van der Waals surface area contributed by atoms with E-state index in [2.05, 4.69) is 72.0 Å². The number of rotatable bonds is 4. The van der Waals surface area contributed by atoms with Gasteiger partial charge in [0.25, 0.3) is 0 Å². The molecule has 0 radical (unpaired) electrons. The molecule has 0 N–H and O–H groups in total. The molecule has 0 bridgehead atoms. The van der Waals surface area contributed by atoms with Gasteiger partial charge in [0.2, 0.25) is 0 Å². The molecule has 27 heavy (non-hydrogen) atoms. The Morgan fingerprint density at radius 2 is 1.07 bits per heavy atom. The van der Waals surface area contributed by atoms with Crippen LogP contribution in [0.4, 0.5) is 0 Å². The zero-order valence-corrected chi connectivity index (χ0v) is 22.7. The van der Waals surface area contributed by atoms with E-state index in [0.717, 1.165) is 0 Å². The van der Waals surface area contributed by atoms with Crippen LogP contribution in [0.2, 0.25) is 14.8 Å². The van der Waals surface area contributed by atoms with Gasteiger partial charge in [0.15, 0.2) is 0 Å². The Morgan fingerprint density at radius 3 is 1.52 bits per heavy atom. The van der Waals surface area contributed by atoms with Crippen molar-refractivity contribution in [1.82, 2.24) is 0 Å². The van der Waals surface area contributed by atoms with Crippen molar-refractivity contribution in [3.63, 3.8) is 0 Å². The van der Waals surface area contributed by atoms with Crippen LogP contribution in [0.15, 0.2) is 36.4 Å². The van der Waals surface area contributed by atoms with E-state index in [-0.39, 0.29) is 0 Å². The van der Waals surface area contributed by atoms with Gasteiger partial charge in [0.05, 0.1) is 0 Å². The van der Waals surface area contributed by atoms with Crippen molar-refractivity contribution < 1.29 is 0 Å². The van der Waals surface area contributed by atoms with Crippen molar-refractivity contribution in [3.05, 3.63) is 52.4 Å². The Labute approximate surface area is 182 Å². The molecule has 0 nitrogen and oxygen atoms in total. The fraction of sp³-hybridized carbons (Fsp3) is 0.273. The van der Waals surface area contributed by atoms with Crippen molar-refractivity contribution in [2.24, 2.45) is 0 Å². The van der Waals surface area contributed by atoms with Crippen molar-refractivity contribution >= 4 is 66.6 Å². The Hall–Kier alpha value is -0.401. The van der Waals surface area contributed by atoms with E-state index in [0.29, 0.717) is 0 Å². The van der Waals surface area contributed by atoms with Crippen LogP contribution >= 0.6 is 45.3 Å². The quantitative estimate of drug-likeness (QED) is 0.230. The maximum absolute atomic E-state index is 2.51.